The lowest BCUT2D eigenvalue weighted by Crippen LogP contribution is -2.51. The number of H-pyrrole nitrogens is 1. The van der Waals surface area contributed by atoms with Crippen molar-refractivity contribution in [1.29, 1.82) is 0 Å². The van der Waals surface area contributed by atoms with Crippen molar-refractivity contribution in [2.45, 2.75) is 72.1 Å². The first-order valence-corrected chi connectivity index (χ1v) is 13.6. The lowest BCUT2D eigenvalue weighted by molar-refractivity contribution is -0.139. The molecule has 4 rings (SSSR count). The third kappa shape index (κ3) is 6.44. The summed E-state index contributed by atoms with van der Waals surface area (Å²) >= 11 is 0. The van der Waals surface area contributed by atoms with Crippen LogP contribution in [-0.4, -0.2) is 64.2 Å². The number of piperidine rings is 1. The molecule has 1 aromatic heterocycles. The topological polar surface area (TPSA) is 91.9 Å². The van der Waals surface area contributed by atoms with Gasteiger partial charge in [0.2, 0.25) is 0 Å². The van der Waals surface area contributed by atoms with Crippen molar-refractivity contribution in [2.24, 2.45) is 0 Å². The molecule has 39 heavy (non-hydrogen) atoms. The fourth-order valence-electron chi connectivity index (χ4n) is 5.18. The van der Waals surface area contributed by atoms with E-state index in [4.69, 9.17) is 9.47 Å². The molecule has 1 N–H and O–H groups in total. The van der Waals surface area contributed by atoms with Crippen molar-refractivity contribution >= 4 is 22.8 Å². The normalized spacial score (nSPS) is 15.2. The molecule has 0 spiro atoms. The molecule has 8 heteroatoms. The standard InChI is InChI=1S/C31H39N3O5/c1-7-34(30(37)39-31(4,5)6)22-14-16-33(17-15-22)29(36)21(3)38-23-12-13-25-26(18-23)28(35)32-19-27(25)24-11-9-8-10-20(24)2/h8-13,18-19,21-22H,7,14-17H2,1-6H3,(H,32,35)/t21-/m1/s1. The Balaban J connectivity index is 1.43. The van der Waals surface area contributed by atoms with E-state index in [1.54, 1.807) is 35.1 Å². The number of pyridine rings is 1. The largest absolute Gasteiger partial charge is 0.481 e. The molecule has 2 heterocycles. The number of aryl methyl sites for hydroxylation is 1. The average molecular weight is 534 g/mol. The highest BCUT2D eigenvalue weighted by Gasteiger charge is 2.33. The Morgan fingerprint density at radius 3 is 2.41 bits per heavy atom. The second-order valence-corrected chi connectivity index (χ2v) is 11.1. The highest BCUT2D eigenvalue weighted by Crippen LogP contribution is 2.31. The predicted molar refractivity (Wildman–Crippen MR) is 153 cm³/mol. The zero-order chi connectivity index (χ0) is 28.3. The molecule has 1 atom stereocenters. The average Bonchev–Trinajstić information content (AvgIpc) is 2.89. The van der Waals surface area contributed by atoms with E-state index < -0.39 is 11.7 Å². The van der Waals surface area contributed by atoms with E-state index in [0.717, 1.165) is 22.1 Å². The minimum atomic E-state index is -0.717. The number of hydrogen-bond donors (Lipinski definition) is 1. The van der Waals surface area contributed by atoms with Crippen LogP contribution >= 0.6 is 0 Å². The summed E-state index contributed by atoms with van der Waals surface area (Å²) in [5.74, 6) is 0.351. The van der Waals surface area contributed by atoms with Gasteiger partial charge in [-0.15, -0.1) is 0 Å². The van der Waals surface area contributed by atoms with E-state index >= 15 is 0 Å². The summed E-state index contributed by atoms with van der Waals surface area (Å²) in [5, 5.41) is 1.34. The van der Waals surface area contributed by atoms with Crippen LogP contribution in [0.25, 0.3) is 21.9 Å². The van der Waals surface area contributed by atoms with Gasteiger partial charge in [0.15, 0.2) is 6.10 Å². The molecule has 0 aliphatic carbocycles. The number of amides is 2. The number of aromatic amines is 1. The molecule has 3 aromatic rings. The minimum Gasteiger partial charge on any atom is -0.481 e. The monoisotopic (exact) mass is 533 g/mol. The highest BCUT2D eigenvalue weighted by atomic mass is 16.6. The molecule has 2 amide bonds. The molecule has 1 aliphatic heterocycles. The molecule has 2 aromatic carbocycles. The van der Waals surface area contributed by atoms with Crippen molar-refractivity contribution in [3.8, 4) is 16.9 Å². The third-order valence-electron chi connectivity index (χ3n) is 7.15. The van der Waals surface area contributed by atoms with Gasteiger partial charge in [0.25, 0.3) is 11.5 Å². The Kier molecular flexibility index (Phi) is 8.33. The summed E-state index contributed by atoms with van der Waals surface area (Å²) in [7, 11) is 0. The van der Waals surface area contributed by atoms with E-state index in [1.165, 1.54) is 0 Å². The molecule has 0 radical (unpaired) electrons. The highest BCUT2D eigenvalue weighted by molar-refractivity contribution is 5.97. The number of nitrogens with zero attached hydrogens (tertiary/aromatic N) is 2. The number of carbonyl (C=O) groups is 2. The van der Waals surface area contributed by atoms with E-state index in [9.17, 15) is 14.4 Å². The van der Waals surface area contributed by atoms with Crippen LogP contribution in [0.3, 0.4) is 0 Å². The molecule has 1 saturated heterocycles. The van der Waals surface area contributed by atoms with Crippen molar-refractivity contribution in [3.05, 3.63) is 64.6 Å². The number of fused-ring (bicyclic) bond motifs is 1. The van der Waals surface area contributed by atoms with Crippen LogP contribution in [0.1, 0.15) is 53.0 Å². The van der Waals surface area contributed by atoms with Crippen LogP contribution in [0.15, 0.2) is 53.5 Å². The number of aromatic nitrogens is 1. The number of benzene rings is 2. The van der Waals surface area contributed by atoms with Crippen molar-refractivity contribution < 1.29 is 19.1 Å². The first-order valence-electron chi connectivity index (χ1n) is 13.6. The molecule has 1 fully saturated rings. The molecule has 0 saturated carbocycles. The fraction of sp³-hybridized carbons (Fsp3) is 0.452. The van der Waals surface area contributed by atoms with Gasteiger partial charge in [-0.1, -0.05) is 24.3 Å². The zero-order valence-corrected chi connectivity index (χ0v) is 23.7. The lowest BCUT2D eigenvalue weighted by atomic mass is 9.97. The van der Waals surface area contributed by atoms with Gasteiger partial charge in [0.1, 0.15) is 11.4 Å². The number of likely N-dealkylation sites (tertiary alicyclic amines) is 1. The Bertz CT molecular complexity index is 1400. The Morgan fingerprint density at radius 1 is 1.08 bits per heavy atom. The van der Waals surface area contributed by atoms with Gasteiger partial charge in [-0.25, -0.2) is 4.79 Å². The van der Waals surface area contributed by atoms with Gasteiger partial charge in [0.05, 0.1) is 5.39 Å². The van der Waals surface area contributed by atoms with Crippen LogP contribution in [0.5, 0.6) is 5.75 Å². The van der Waals surface area contributed by atoms with Crippen LogP contribution in [0.2, 0.25) is 0 Å². The molecular weight excluding hydrogens is 494 g/mol. The van der Waals surface area contributed by atoms with Gasteiger partial charge >= 0.3 is 6.09 Å². The molecule has 1 aliphatic rings. The van der Waals surface area contributed by atoms with Crippen LogP contribution in [-0.2, 0) is 9.53 Å². The fourth-order valence-corrected chi connectivity index (χ4v) is 5.18. The van der Waals surface area contributed by atoms with Gasteiger partial charge in [0, 0.05) is 37.4 Å². The van der Waals surface area contributed by atoms with Crippen molar-refractivity contribution in [1.82, 2.24) is 14.8 Å². The number of hydrogen-bond acceptors (Lipinski definition) is 5. The SMILES string of the molecule is CCN(C(=O)OC(C)(C)C)C1CCN(C(=O)[C@@H](C)Oc2ccc3c(-c4ccccc4C)c[nH]c(=O)c3c2)CC1. The molecule has 0 unspecified atom stereocenters. The molecule has 208 valence electrons. The van der Waals surface area contributed by atoms with Crippen molar-refractivity contribution in [2.75, 3.05) is 19.6 Å². The Hall–Kier alpha value is -3.81. The van der Waals surface area contributed by atoms with E-state index in [2.05, 4.69) is 4.98 Å². The van der Waals surface area contributed by atoms with Gasteiger partial charge < -0.3 is 24.3 Å². The summed E-state index contributed by atoms with van der Waals surface area (Å²) in [5.41, 5.74) is 2.34. The maximum absolute atomic E-state index is 13.2. The van der Waals surface area contributed by atoms with Crippen LogP contribution in [0.4, 0.5) is 4.79 Å². The van der Waals surface area contributed by atoms with Gasteiger partial charge in [-0.2, -0.15) is 0 Å². The molecular formula is C31H39N3O5. The maximum Gasteiger partial charge on any atom is 0.410 e. The number of carbonyl (C=O) groups excluding carboxylic acids is 2. The third-order valence-corrected chi connectivity index (χ3v) is 7.15. The first kappa shape index (κ1) is 28.2. The van der Waals surface area contributed by atoms with Crippen LogP contribution < -0.4 is 10.3 Å². The maximum atomic E-state index is 13.2. The first-order chi connectivity index (χ1) is 18.5. The van der Waals surface area contributed by atoms with E-state index in [0.29, 0.717) is 43.6 Å². The number of nitrogens with one attached hydrogen (secondary N) is 1. The second kappa shape index (κ2) is 11.5. The molecule has 0 bridgehead atoms. The van der Waals surface area contributed by atoms with Gasteiger partial charge in [-0.3, -0.25) is 9.59 Å². The smallest absolute Gasteiger partial charge is 0.410 e. The Morgan fingerprint density at radius 2 is 1.77 bits per heavy atom. The van der Waals surface area contributed by atoms with Crippen molar-refractivity contribution in [3.63, 3.8) is 0 Å². The van der Waals surface area contributed by atoms with Crippen LogP contribution in [0, 0.1) is 6.92 Å². The number of ether oxygens (including phenoxy) is 2. The van der Waals surface area contributed by atoms with E-state index in [-0.39, 0.29) is 23.6 Å². The number of rotatable bonds is 6. The quantitative estimate of drug-likeness (QED) is 0.451. The lowest BCUT2D eigenvalue weighted by Gasteiger charge is -2.39. The summed E-state index contributed by atoms with van der Waals surface area (Å²) in [4.78, 5) is 44.9. The summed E-state index contributed by atoms with van der Waals surface area (Å²) in [6.07, 6.45) is 2.07. The predicted octanol–water partition coefficient (Wildman–Crippen LogP) is 5.52. The molecule has 8 nitrogen and oxygen atoms in total. The second-order valence-electron chi connectivity index (χ2n) is 11.1. The summed E-state index contributed by atoms with van der Waals surface area (Å²) in [6, 6.07) is 13.4. The van der Waals surface area contributed by atoms with E-state index in [1.807, 2.05) is 65.0 Å². The zero-order valence-electron chi connectivity index (χ0n) is 23.7. The minimum absolute atomic E-state index is 0.0276. The van der Waals surface area contributed by atoms with Gasteiger partial charge in [-0.05, 0) is 89.1 Å². The Labute approximate surface area is 229 Å². The summed E-state index contributed by atoms with van der Waals surface area (Å²) in [6.45, 7) is 12.9. The summed E-state index contributed by atoms with van der Waals surface area (Å²) < 4.78 is 11.6.